The molecule has 0 amide bonds. The Labute approximate surface area is 103 Å². The van der Waals surface area contributed by atoms with Crippen molar-refractivity contribution in [3.05, 3.63) is 42.1 Å². The predicted molar refractivity (Wildman–Crippen MR) is 73.3 cm³/mol. The van der Waals surface area contributed by atoms with Crippen LogP contribution in [0.25, 0.3) is 10.9 Å². The third-order valence-corrected chi connectivity index (χ3v) is 3.36. The molecule has 0 radical (unpaired) electrons. The molecule has 0 spiro atoms. The minimum absolute atomic E-state index is 0.430. The summed E-state index contributed by atoms with van der Waals surface area (Å²) in [4.78, 5) is 4.74. The Kier molecular flexibility index (Phi) is 3.75. The monoisotopic (exact) mass is 228 g/mol. The van der Waals surface area contributed by atoms with Crippen molar-refractivity contribution < 1.29 is 0 Å². The number of rotatable bonds is 4. The first-order chi connectivity index (χ1) is 8.22. The zero-order valence-corrected chi connectivity index (χ0v) is 10.8. The van der Waals surface area contributed by atoms with E-state index >= 15 is 0 Å². The maximum atomic E-state index is 4.74. The Hall–Kier alpha value is -1.41. The first-order valence-corrected chi connectivity index (χ1v) is 6.31. The van der Waals surface area contributed by atoms with Gasteiger partial charge >= 0.3 is 0 Å². The lowest BCUT2D eigenvalue weighted by Gasteiger charge is -2.20. The second kappa shape index (κ2) is 5.28. The van der Waals surface area contributed by atoms with Crippen LogP contribution in [0.15, 0.2) is 36.4 Å². The van der Waals surface area contributed by atoms with E-state index < -0.39 is 0 Å². The summed E-state index contributed by atoms with van der Waals surface area (Å²) in [5.41, 5.74) is 2.25. The molecule has 0 saturated carbocycles. The van der Waals surface area contributed by atoms with Crippen molar-refractivity contribution in [2.75, 3.05) is 6.54 Å². The minimum atomic E-state index is 0.430. The highest BCUT2D eigenvalue weighted by atomic mass is 14.9. The van der Waals surface area contributed by atoms with Crippen LogP contribution in [-0.2, 0) is 0 Å². The second-order valence-corrected chi connectivity index (χ2v) is 4.56. The van der Waals surface area contributed by atoms with Crippen LogP contribution in [-0.4, -0.2) is 17.6 Å². The number of fused-ring (bicyclic) bond motifs is 1. The van der Waals surface area contributed by atoms with Gasteiger partial charge in [0.2, 0.25) is 0 Å². The van der Waals surface area contributed by atoms with Crippen molar-refractivity contribution in [1.82, 2.24) is 10.3 Å². The molecule has 0 bridgehead atoms. The van der Waals surface area contributed by atoms with Gasteiger partial charge in [0.15, 0.2) is 0 Å². The smallest absolute Gasteiger partial charge is 0.0705 e. The summed E-state index contributed by atoms with van der Waals surface area (Å²) in [5, 5.41) is 4.66. The van der Waals surface area contributed by atoms with Gasteiger partial charge in [-0.3, -0.25) is 4.98 Å². The highest BCUT2D eigenvalue weighted by Crippen LogP contribution is 2.20. The summed E-state index contributed by atoms with van der Waals surface area (Å²) < 4.78 is 0. The second-order valence-electron chi connectivity index (χ2n) is 4.56. The summed E-state index contributed by atoms with van der Waals surface area (Å²) in [6.45, 7) is 7.57. The van der Waals surface area contributed by atoms with Crippen LogP contribution in [0.1, 0.15) is 32.4 Å². The molecule has 0 fully saturated rings. The average molecular weight is 228 g/mol. The topological polar surface area (TPSA) is 24.9 Å². The van der Waals surface area contributed by atoms with Crippen LogP contribution in [0.3, 0.4) is 0 Å². The molecule has 2 unspecified atom stereocenters. The van der Waals surface area contributed by atoms with E-state index in [1.165, 1.54) is 5.39 Å². The van der Waals surface area contributed by atoms with E-state index in [1.807, 2.05) is 12.1 Å². The molecule has 2 heteroatoms. The van der Waals surface area contributed by atoms with Crippen molar-refractivity contribution in [3.8, 4) is 0 Å². The van der Waals surface area contributed by atoms with Crippen LogP contribution in [0.4, 0.5) is 0 Å². The van der Waals surface area contributed by atoms with Gasteiger partial charge in [0, 0.05) is 23.0 Å². The molecule has 1 N–H and O–H groups in total. The Balaban J connectivity index is 2.29. The van der Waals surface area contributed by atoms with Gasteiger partial charge in [-0.05, 0) is 25.6 Å². The largest absolute Gasteiger partial charge is 0.314 e. The fraction of sp³-hybridized carbons (Fsp3) is 0.400. The molecule has 2 nitrogen and oxygen atoms in total. The molecule has 2 atom stereocenters. The third kappa shape index (κ3) is 2.64. The minimum Gasteiger partial charge on any atom is -0.314 e. The molecule has 1 aromatic heterocycles. The maximum Gasteiger partial charge on any atom is 0.0705 e. The number of hydrogen-bond donors (Lipinski definition) is 1. The molecule has 0 aliphatic rings. The van der Waals surface area contributed by atoms with E-state index in [0.717, 1.165) is 17.8 Å². The zero-order valence-electron chi connectivity index (χ0n) is 10.8. The van der Waals surface area contributed by atoms with Crippen molar-refractivity contribution >= 4 is 10.9 Å². The molecule has 90 valence electrons. The number of hydrogen-bond acceptors (Lipinski definition) is 2. The highest BCUT2D eigenvalue weighted by Gasteiger charge is 2.14. The summed E-state index contributed by atoms with van der Waals surface area (Å²) in [6, 6.07) is 13.0. The lowest BCUT2D eigenvalue weighted by molar-refractivity contribution is 0.488. The SMILES string of the molecule is CCNC(C)C(C)c1ccc2ccccc2n1. The van der Waals surface area contributed by atoms with Crippen LogP contribution < -0.4 is 5.32 Å². The highest BCUT2D eigenvalue weighted by molar-refractivity contribution is 5.78. The van der Waals surface area contributed by atoms with E-state index in [-0.39, 0.29) is 0 Å². The van der Waals surface area contributed by atoms with Gasteiger partial charge in [-0.2, -0.15) is 0 Å². The number of pyridine rings is 1. The molecule has 1 aromatic carbocycles. The van der Waals surface area contributed by atoms with Gasteiger partial charge in [-0.15, -0.1) is 0 Å². The van der Waals surface area contributed by atoms with Crippen molar-refractivity contribution in [2.45, 2.75) is 32.7 Å². The number of aromatic nitrogens is 1. The van der Waals surface area contributed by atoms with Gasteiger partial charge in [-0.25, -0.2) is 0 Å². The molecule has 17 heavy (non-hydrogen) atoms. The van der Waals surface area contributed by atoms with Crippen LogP contribution in [0.5, 0.6) is 0 Å². The summed E-state index contributed by atoms with van der Waals surface area (Å²) in [5.74, 6) is 0.430. The maximum absolute atomic E-state index is 4.74. The Morgan fingerprint density at radius 3 is 2.65 bits per heavy atom. The summed E-state index contributed by atoms with van der Waals surface area (Å²) >= 11 is 0. The first-order valence-electron chi connectivity index (χ1n) is 6.31. The lowest BCUT2D eigenvalue weighted by atomic mass is 9.98. The summed E-state index contributed by atoms with van der Waals surface area (Å²) in [7, 11) is 0. The third-order valence-electron chi connectivity index (χ3n) is 3.36. The van der Waals surface area contributed by atoms with Crippen LogP contribution in [0, 0.1) is 0 Å². The number of nitrogens with one attached hydrogen (secondary N) is 1. The molecular weight excluding hydrogens is 208 g/mol. The van der Waals surface area contributed by atoms with E-state index in [4.69, 9.17) is 4.98 Å². The number of para-hydroxylation sites is 1. The molecule has 1 heterocycles. The average Bonchev–Trinajstić information content (AvgIpc) is 2.37. The Morgan fingerprint density at radius 2 is 1.88 bits per heavy atom. The quantitative estimate of drug-likeness (QED) is 0.868. The van der Waals surface area contributed by atoms with Gasteiger partial charge in [0.25, 0.3) is 0 Å². The normalized spacial score (nSPS) is 14.8. The predicted octanol–water partition coefficient (Wildman–Crippen LogP) is 3.34. The molecule has 0 saturated heterocycles. The van der Waals surface area contributed by atoms with Gasteiger partial charge in [-0.1, -0.05) is 38.1 Å². The van der Waals surface area contributed by atoms with Crippen molar-refractivity contribution in [2.24, 2.45) is 0 Å². The zero-order chi connectivity index (χ0) is 12.3. The number of nitrogens with zero attached hydrogens (tertiary/aromatic N) is 1. The number of likely N-dealkylation sites (N-methyl/N-ethyl adjacent to an activating group) is 1. The molecule has 2 rings (SSSR count). The molecule has 2 aromatic rings. The van der Waals surface area contributed by atoms with Crippen LogP contribution >= 0.6 is 0 Å². The Morgan fingerprint density at radius 1 is 1.12 bits per heavy atom. The lowest BCUT2D eigenvalue weighted by Crippen LogP contribution is -2.30. The van der Waals surface area contributed by atoms with Crippen molar-refractivity contribution in [1.29, 1.82) is 0 Å². The number of benzene rings is 1. The molecular formula is C15H20N2. The standard InChI is InChI=1S/C15H20N2/c1-4-16-12(3)11(2)14-10-9-13-7-5-6-8-15(13)17-14/h5-12,16H,4H2,1-3H3. The van der Waals surface area contributed by atoms with Gasteiger partial charge in [0.1, 0.15) is 0 Å². The van der Waals surface area contributed by atoms with E-state index in [1.54, 1.807) is 0 Å². The molecule has 0 aliphatic carbocycles. The Bertz CT molecular complexity index is 493. The van der Waals surface area contributed by atoms with Gasteiger partial charge < -0.3 is 5.32 Å². The fourth-order valence-corrected chi connectivity index (χ4v) is 2.09. The first kappa shape index (κ1) is 12.1. The van der Waals surface area contributed by atoms with Crippen LogP contribution in [0.2, 0.25) is 0 Å². The van der Waals surface area contributed by atoms with E-state index in [2.05, 4.69) is 50.4 Å². The van der Waals surface area contributed by atoms with Gasteiger partial charge in [0.05, 0.1) is 5.52 Å². The van der Waals surface area contributed by atoms with E-state index in [9.17, 15) is 0 Å². The fourth-order valence-electron chi connectivity index (χ4n) is 2.09. The summed E-state index contributed by atoms with van der Waals surface area (Å²) in [6.07, 6.45) is 0. The molecule has 0 aliphatic heterocycles. The van der Waals surface area contributed by atoms with E-state index in [0.29, 0.717) is 12.0 Å². The van der Waals surface area contributed by atoms with Crippen molar-refractivity contribution in [3.63, 3.8) is 0 Å².